The molecule has 0 radical (unpaired) electrons. The molecule has 2 aromatic carbocycles. The van der Waals surface area contributed by atoms with Gasteiger partial charge in [-0.15, -0.1) is 0 Å². The van der Waals surface area contributed by atoms with Crippen molar-refractivity contribution in [2.45, 2.75) is 13.3 Å². The monoisotopic (exact) mass is 298 g/mol. The predicted molar refractivity (Wildman–Crippen MR) is 85.4 cm³/mol. The number of carbonyl (C=O) groups is 1. The Hall–Kier alpha value is -2.82. The molecule has 1 amide bonds. The van der Waals surface area contributed by atoms with Crippen LogP contribution in [0.2, 0.25) is 0 Å². The number of aromatic hydroxyl groups is 1. The zero-order valence-corrected chi connectivity index (χ0v) is 12.3. The predicted octanol–water partition coefficient (Wildman–Crippen LogP) is 2.94. The van der Waals surface area contributed by atoms with Crippen LogP contribution in [0, 0.1) is 0 Å². The van der Waals surface area contributed by atoms with Crippen LogP contribution in [0.25, 0.3) is 0 Å². The normalized spacial score (nSPS) is 10.6. The van der Waals surface area contributed by atoms with E-state index in [1.807, 2.05) is 24.3 Å². The Bertz CT molecular complexity index is 634. The van der Waals surface area contributed by atoms with E-state index in [-0.39, 0.29) is 11.7 Å². The number of hydrazone groups is 1. The third kappa shape index (κ3) is 4.63. The fourth-order valence-corrected chi connectivity index (χ4v) is 1.71. The molecule has 0 saturated carbocycles. The van der Waals surface area contributed by atoms with Crippen molar-refractivity contribution in [3.63, 3.8) is 0 Å². The number of phenolic OH excluding ortho intramolecular Hbond substituents is 1. The molecule has 0 aromatic heterocycles. The summed E-state index contributed by atoms with van der Waals surface area (Å²) >= 11 is 0. The first kappa shape index (κ1) is 15.6. The number of hydrogen-bond acceptors (Lipinski definition) is 4. The zero-order chi connectivity index (χ0) is 15.8. The molecule has 2 rings (SSSR count). The minimum absolute atomic E-state index is 0.116. The molecule has 0 atom stereocenters. The van der Waals surface area contributed by atoms with Gasteiger partial charge in [0.25, 0.3) is 5.91 Å². The van der Waals surface area contributed by atoms with Crippen molar-refractivity contribution in [1.29, 1.82) is 0 Å². The van der Waals surface area contributed by atoms with Gasteiger partial charge in [0.2, 0.25) is 0 Å². The topological polar surface area (TPSA) is 70.9 Å². The van der Waals surface area contributed by atoms with Gasteiger partial charge in [0.15, 0.2) is 0 Å². The van der Waals surface area contributed by atoms with E-state index >= 15 is 0 Å². The molecule has 2 aromatic rings. The summed E-state index contributed by atoms with van der Waals surface area (Å²) in [5.41, 5.74) is 3.72. The molecular formula is C17H18N2O3. The van der Waals surface area contributed by atoms with Gasteiger partial charge in [-0.3, -0.25) is 4.79 Å². The Morgan fingerprint density at radius 3 is 2.50 bits per heavy atom. The van der Waals surface area contributed by atoms with Crippen molar-refractivity contribution in [2.75, 3.05) is 6.61 Å². The van der Waals surface area contributed by atoms with Crippen LogP contribution in [0.15, 0.2) is 53.6 Å². The molecule has 0 aliphatic heterocycles. The molecule has 5 heteroatoms. The molecule has 0 saturated heterocycles. The van der Waals surface area contributed by atoms with Crippen LogP contribution in [0.1, 0.15) is 29.3 Å². The summed E-state index contributed by atoms with van der Waals surface area (Å²) in [6, 6.07) is 13.4. The van der Waals surface area contributed by atoms with Crippen molar-refractivity contribution < 1.29 is 14.6 Å². The van der Waals surface area contributed by atoms with Crippen molar-refractivity contribution in [1.82, 2.24) is 5.43 Å². The van der Waals surface area contributed by atoms with E-state index in [0.29, 0.717) is 12.2 Å². The maximum atomic E-state index is 11.8. The lowest BCUT2D eigenvalue weighted by molar-refractivity contribution is 0.0955. The number of benzene rings is 2. The Morgan fingerprint density at radius 1 is 1.18 bits per heavy atom. The number of nitrogens with zero attached hydrogens (tertiary/aromatic N) is 1. The van der Waals surface area contributed by atoms with Gasteiger partial charge in [0.05, 0.1) is 12.8 Å². The van der Waals surface area contributed by atoms with E-state index in [1.165, 1.54) is 24.3 Å². The lowest BCUT2D eigenvalue weighted by Gasteiger charge is -2.04. The highest BCUT2D eigenvalue weighted by Gasteiger charge is 2.03. The molecule has 0 fully saturated rings. The number of amides is 1. The van der Waals surface area contributed by atoms with Crippen LogP contribution >= 0.6 is 0 Å². The second-order valence-corrected chi connectivity index (χ2v) is 4.66. The standard InChI is InChI=1S/C17H18N2O3/c1-2-11-22-16-9-3-13(4-10-16)12-18-19-17(21)14-5-7-15(20)8-6-14/h3-10,12,20H,2,11H2,1H3,(H,19,21). The van der Waals surface area contributed by atoms with Gasteiger partial charge in [-0.25, -0.2) is 5.43 Å². The second-order valence-electron chi connectivity index (χ2n) is 4.66. The number of phenols is 1. The molecule has 0 aliphatic carbocycles. The summed E-state index contributed by atoms with van der Waals surface area (Å²) in [6.07, 6.45) is 2.52. The van der Waals surface area contributed by atoms with E-state index in [9.17, 15) is 4.79 Å². The number of rotatable bonds is 6. The van der Waals surface area contributed by atoms with Crippen molar-refractivity contribution in [3.8, 4) is 11.5 Å². The minimum atomic E-state index is -0.334. The third-order valence-corrected chi connectivity index (χ3v) is 2.86. The van der Waals surface area contributed by atoms with E-state index in [2.05, 4.69) is 17.5 Å². The highest BCUT2D eigenvalue weighted by atomic mass is 16.5. The number of hydrogen-bond donors (Lipinski definition) is 2. The summed E-state index contributed by atoms with van der Waals surface area (Å²) in [6.45, 7) is 2.74. The molecule has 0 aliphatic rings. The summed E-state index contributed by atoms with van der Waals surface area (Å²) < 4.78 is 5.49. The summed E-state index contributed by atoms with van der Waals surface area (Å²) in [7, 11) is 0. The fourth-order valence-electron chi connectivity index (χ4n) is 1.71. The van der Waals surface area contributed by atoms with Crippen LogP contribution in [-0.4, -0.2) is 23.8 Å². The van der Waals surface area contributed by atoms with Gasteiger partial charge in [-0.1, -0.05) is 6.92 Å². The maximum absolute atomic E-state index is 11.8. The Balaban J connectivity index is 1.89. The fraction of sp³-hybridized carbons (Fsp3) is 0.176. The van der Waals surface area contributed by atoms with Gasteiger partial charge in [-0.2, -0.15) is 5.10 Å². The first-order valence-electron chi connectivity index (χ1n) is 7.04. The molecule has 0 bridgehead atoms. The molecule has 0 heterocycles. The van der Waals surface area contributed by atoms with Crippen molar-refractivity contribution in [3.05, 3.63) is 59.7 Å². The Morgan fingerprint density at radius 2 is 1.86 bits per heavy atom. The molecule has 22 heavy (non-hydrogen) atoms. The van der Waals surface area contributed by atoms with Crippen molar-refractivity contribution >= 4 is 12.1 Å². The van der Waals surface area contributed by atoms with Crippen LogP contribution in [0.3, 0.4) is 0 Å². The average molecular weight is 298 g/mol. The summed E-state index contributed by atoms with van der Waals surface area (Å²) in [5.74, 6) is 0.594. The Kier molecular flexibility index (Phi) is 5.54. The number of ether oxygens (including phenoxy) is 1. The first-order valence-corrected chi connectivity index (χ1v) is 7.04. The lowest BCUT2D eigenvalue weighted by atomic mass is 10.2. The van der Waals surface area contributed by atoms with Gasteiger partial charge in [0.1, 0.15) is 11.5 Å². The largest absolute Gasteiger partial charge is 0.508 e. The van der Waals surface area contributed by atoms with Crippen molar-refractivity contribution in [2.24, 2.45) is 5.10 Å². The Labute approximate surface area is 129 Å². The maximum Gasteiger partial charge on any atom is 0.271 e. The average Bonchev–Trinajstić information content (AvgIpc) is 2.54. The van der Waals surface area contributed by atoms with Crippen LogP contribution in [0.4, 0.5) is 0 Å². The van der Waals surface area contributed by atoms with Gasteiger partial charge >= 0.3 is 0 Å². The summed E-state index contributed by atoms with van der Waals surface area (Å²) in [4.78, 5) is 11.8. The molecule has 5 nitrogen and oxygen atoms in total. The molecule has 0 spiro atoms. The second kappa shape index (κ2) is 7.83. The lowest BCUT2D eigenvalue weighted by Crippen LogP contribution is -2.17. The molecule has 2 N–H and O–H groups in total. The minimum Gasteiger partial charge on any atom is -0.508 e. The van der Waals surface area contributed by atoms with E-state index < -0.39 is 0 Å². The SMILES string of the molecule is CCCOc1ccc(C=NNC(=O)c2ccc(O)cc2)cc1. The number of nitrogens with one attached hydrogen (secondary N) is 1. The number of carbonyl (C=O) groups excluding carboxylic acids is 1. The van der Waals surface area contributed by atoms with Gasteiger partial charge in [-0.05, 0) is 60.5 Å². The first-order chi connectivity index (χ1) is 10.7. The van der Waals surface area contributed by atoms with Crippen LogP contribution < -0.4 is 10.2 Å². The van der Waals surface area contributed by atoms with Crippen LogP contribution in [-0.2, 0) is 0 Å². The third-order valence-electron chi connectivity index (χ3n) is 2.86. The molecule has 0 unspecified atom stereocenters. The van der Waals surface area contributed by atoms with Gasteiger partial charge in [0, 0.05) is 5.56 Å². The van der Waals surface area contributed by atoms with E-state index in [4.69, 9.17) is 9.84 Å². The van der Waals surface area contributed by atoms with E-state index in [0.717, 1.165) is 17.7 Å². The molecular weight excluding hydrogens is 280 g/mol. The highest BCUT2D eigenvalue weighted by Crippen LogP contribution is 2.11. The zero-order valence-electron chi connectivity index (χ0n) is 12.3. The van der Waals surface area contributed by atoms with Crippen LogP contribution in [0.5, 0.6) is 11.5 Å². The van der Waals surface area contributed by atoms with E-state index in [1.54, 1.807) is 6.21 Å². The smallest absolute Gasteiger partial charge is 0.271 e. The quantitative estimate of drug-likeness (QED) is 0.636. The molecule has 114 valence electrons. The highest BCUT2D eigenvalue weighted by molar-refractivity contribution is 5.94. The summed E-state index contributed by atoms with van der Waals surface area (Å²) in [5, 5.41) is 13.1. The van der Waals surface area contributed by atoms with Gasteiger partial charge < -0.3 is 9.84 Å².